The third-order valence-corrected chi connectivity index (χ3v) is 6.25. The Hall–Kier alpha value is -3.58. The number of hydrogen-bond acceptors (Lipinski definition) is 6. The molecule has 2 unspecified atom stereocenters. The molecule has 1 aromatic carbocycles. The molecule has 3 N–H and O–H groups in total. The van der Waals surface area contributed by atoms with Gasteiger partial charge in [-0.2, -0.15) is 0 Å². The summed E-state index contributed by atoms with van der Waals surface area (Å²) >= 11 is 0. The van der Waals surface area contributed by atoms with Crippen molar-refractivity contribution in [3.05, 3.63) is 66.2 Å². The maximum Gasteiger partial charge on any atom is 0.339 e. The fraction of sp³-hybridized carbons (Fsp3) is 0.308. The Balaban J connectivity index is 1.39. The number of ether oxygens (including phenoxy) is 1. The number of carbonyl (C=O) groups is 1. The molecule has 3 aromatic heterocycles. The first-order chi connectivity index (χ1) is 16.1. The monoisotopic (exact) mass is 441 g/mol. The molecular formula is C26H27N5O2. The number of imidazole rings is 1. The predicted octanol–water partition coefficient (Wildman–Crippen LogP) is 4.67. The number of aryl methyl sites for hydroxylation is 1. The summed E-state index contributed by atoms with van der Waals surface area (Å²) in [4.78, 5) is 29.5. The number of H-pyrrole nitrogens is 1. The van der Waals surface area contributed by atoms with E-state index in [1.54, 1.807) is 12.5 Å². The normalized spacial score (nSPS) is 18.4. The van der Waals surface area contributed by atoms with Crippen molar-refractivity contribution < 1.29 is 9.53 Å². The summed E-state index contributed by atoms with van der Waals surface area (Å²) in [6.45, 7) is 2.37. The van der Waals surface area contributed by atoms with E-state index in [1.165, 1.54) is 0 Å². The number of hydrogen-bond donors (Lipinski definition) is 2. The number of nitrogens with two attached hydrogens (primary N) is 1. The molecule has 0 bridgehead atoms. The van der Waals surface area contributed by atoms with Crippen molar-refractivity contribution >= 4 is 16.9 Å². The summed E-state index contributed by atoms with van der Waals surface area (Å²) in [6.07, 6.45) is 7.36. The lowest BCUT2D eigenvalue weighted by Crippen LogP contribution is -2.30. The van der Waals surface area contributed by atoms with Crippen LogP contribution in [0.15, 0.2) is 55.0 Å². The van der Waals surface area contributed by atoms with E-state index in [4.69, 9.17) is 10.5 Å². The number of benzene rings is 1. The van der Waals surface area contributed by atoms with E-state index in [0.29, 0.717) is 18.1 Å². The minimum absolute atomic E-state index is 0.213. The third-order valence-electron chi connectivity index (χ3n) is 6.25. The van der Waals surface area contributed by atoms with E-state index in [9.17, 15) is 4.79 Å². The molecule has 1 fully saturated rings. The number of nitrogens with one attached hydrogen (secondary N) is 1. The van der Waals surface area contributed by atoms with E-state index in [-0.39, 0.29) is 12.0 Å². The number of aromatic amines is 1. The standard InChI is InChI=1S/C26H27N5O2/c1-16-4-2-7-23(31-16)25-24(29-15-30-25)18-8-9-22-19(11-18)12-20(13-28-22)26(32)33-14-17-5-3-6-21(27)10-17/h2,4,7-9,11-13,15,17,21H,3,5-6,10,14,27H2,1H3,(H,29,30). The van der Waals surface area contributed by atoms with Crippen LogP contribution < -0.4 is 5.73 Å². The van der Waals surface area contributed by atoms with Crippen LogP contribution in [0.25, 0.3) is 33.5 Å². The van der Waals surface area contributed by atoms with Gasteiger partial charge in [0.25, 0.3) is 0 Å². The third kappa shape index (κ3) is 4.64. The highest BCUT2D eigenvalue weighted by Gasteiger charge is 2.21. The first-order valence-corrected chi connectivity index (χ1v) is 11.4. The number of aromatic nitrogens is 4. The molecular weight excluding hydrogens is 414 g/mol. The molecule has 5 rings (SSSR count). The zero-order valence-corrected chi connectivity index (χ0v) is 18.6. The van der Waals surface area contributed by atoms with Gasteiger partial charge in [-0.3, -0.25) is 9.97 Å². The molecule has 4 aromatic rings. The van der Waals surface area contributed by atoms with Crippen LogP contribution in [0, 0.1) is 12.8 Å². The molecule has 1 aliphatic rings. The van der Waals surface area contributed by atoms with Crippen molar-refractivity contribution in [3.63, 3.8) is 0 Å². The van der Waals surface area contributed by atoms with Crippen LogP contribution in [0.5, 0.6) is 0 Å². The van der Waals surface area contributed by atoms with Crippen molar-refractivity contribution in [1.82, 2.24) is 19.9 Å². The maximum absolute atomic E-state index is 12.7. The first-order valence-electron chi connectivity index (χ1n) is 11.4. The zero-order valence-electron chi connectivity index (χ0n) is 18.6. The number of nitrogens with zero attached hydrogens (tertiary/aromatic N) is 3. The predicted molar refractivity (Wildman–Crippen MR) is 128 cm³/mol. The Morgan fingerprint density at radius 1 is 1.18 bits per heavy atom. The van der Waals surface area contributed by atoms with Gasteiger partial charge in [0.15, 0.2) is 0 Å². The molecule has 0 saturated heterocycles. The second-order valence-electron chi connectivity index (χ2n) is 8.81. The van der Waals surface area contributed by atoms with Crippen LogP contribution in [0.3, 0.4) is 0 Å². The first kappa shape index (κ1) is 21.3. The highest BCUT2D eigenvalue weighted by Crippen LogP contribution is 2.30. The van der Waals surface area contributed by atoms with E-state index >= 15 is 0 Å². The Labute approximate surface area is 192 Å². The van der Waals surface area contributed by atoms with Gasteiger partial charge in [-0.05, 0) is 62.4 Å². The molecule has 2 atom stereocenters. The maximum atomic E-state index is 12.7. The van der Waals surface area contributed by atoms with Gasteiger partial charge in [0.1, 0.15) is 0 Å². The molecule has 7 nitrogen and oxygen atoms in total. The zero-order chi connectivity index (χ0) is 22.8. The molecule has 1 aliphatic carbocycles. The molecule has 0 spiro atoms. The SMILES string of the molecule is Cc1cccc(-c2[nH]cnc2-c2ccc3ncc(C(=O)OCC4CCCC(N)C4)cc3c2)n1. The summed E-state index contributed by atoms with van der Waals surface area (Å²) in [5.41, 5.74) is 11.7. The Bertz CT molecular complexity index is 1300. The molecule has 1 saturated carbocycles. The highest BCUT2D eigenvalue weighted by molar-refractivity contribution is 5.95. The van der Waals surface area contributed by atoms with Crippen molar-refractivity contribution in [2.45, 2.75) is 38.6 Å². The second-order valence-corrected chi connectivity index (χ2v) is 8.81. The summed E-state index contributed by atoms with van der Waals surface area (Å²) in [7, 11) is 0. The van der Waals surface area contributed by atoms with Crippen molar-refractivity contribution in [1.29, 1.82) is 0 Å². The molecule has 0 aliphatic heterocycles. The van der Waals surface area contributed by atoms with Gasteiger partial charge in [-0.15, -0.1) is 0 Å². The minimum atomic E-state index is -0.349. The average molecular weight is 442 g/mol. The summed E-state index contributed by atoms with van der Waals surface area (Å²) < 4.78 is 5.60. The molecule has 168 valence electrons. The Kier molecular flexibility index (Phi) is 5.88. The van der Waals surface area contributed by atoms with Gasteiger partial charge in [0, 0.05) is 28.9 Å². The summed E-state index contributed by atoms with van der Waals surface area (Å²) in [5, 5.41) is 0.854. The van der Waals surface area contributed by atoms with Gasteiger partial charge in [-0.25, -0.2) is 9.78 Å². The second kappa shape index (κ2) is 9.11. The van der Waals surface area contributed by atoms with E-state index in [0.717, 1.165) is 64.9 Å². The molecule has 0 amide bonds. The van der Waals surface area contributed by atoms with E-state index in [1.807, 2.05) is 49.4 Å². The van der Waals surface area contributed by atoms with Gasteiger partial charge in [0.05, 0.1) is 41.1 Å². The fourth-order valence-corrected chi connectivity index (χ4v) is 4.54. The van der Waals surface area contributed by atoms with Gasteiger partial charge >= 0.3 is 5.97 Å². The van der Waals surface area contributed by atoms with Crippen LogP contribution in [0.1, 0.15) is 41.7 Å². The van der Waals surface area contributed by atoms with Crippen LogP contribution in [0.2, 0.25) is 0 Å². The van der Waals surface area contributed by atoms with Crippen molar-refractivity contribution in [3.8, 4) is 22.6 Å². The molecule has 33 heavy (non-hydrogen) atoms. The average Bonchev–Trinajstić information content (AvgIpc) is 3.32. The largest absolute Gasteiger partial charge is 0.462 e. The number of esters is 1. The van der Waals surface area contributed by atoms with Gasteiger partial charge < -0.3 is 15.5 Å². The van der Waals surface area contributed by atoms with Crippen LogP contribution in [-0.4, -0.2) is 38.6 Å². The van der Waals surface area contributed by atoms with Gasteiger partial charge in [-0.1, -0.05) is 18.6 Å². The number of rotatable bonds is 5. The highest BCUT2D eigenvalue weighted by atomic mass is 16.5. The molecule has 3 heterocycles. The van der Waals surface area contributed by atoms with Gasteiger partial charge in [0.2, 0.25) is 0 Å². The topological polar surface area (TPSA) is 107 Å². The summed E-state index contributed by atoms with van der Waals surface area (Å²) in [6, 6.07) is 13.9. The van der Waals surface area contributed by atoms with Crippen LogP contribution in [-0.2, 0) is 4.74 Å². The Morgan fingerprint density at radius 2 is 2.09 bits per heavy atom. The smallest absolute Gasteiger partial charge is 0.339 e. The lowest BCUT2D eigenvalue weighted by Gasteiger charge is -2.26. The Morgan fingerprint density at radius 3 is 2.94 bits per heavy atom. The summed E-state index contributed by atoms with van der Waals surface area (Å²) in [5.74, 6) is -0.00981. The van der Waals surface area contributed by atoms with E-state index in [2.05, 4.69) is 19.9 Å². The van der Waals surface area contributed by atoms with E-state index < -0.39 is 0 Å². The fourth-order valence-electron chi connectivity index (χ4n) is 4.54. The minimum Gasteiger partial charge on any atom is -0.462 e. The van der Waals surface area contributed by atoms with Crippen molar-refractivity contribution in [2.24, 2.45) is 11.7 Å². The number of carbonyl (C=O) groups excluding carboxylic acids is 1. The molecule has 7 heteroatoms. The lowest BCUT2D eigenvalue weighted by atomic mass is 9.87. The molecule has 0 radical (unpaired) electrons. The number of fused-ring (bicyclic) bond motifs is 1. The quantitative estimate of drug-likeness (QED) is 0.436. The van der Waals surface area contributed by atoms with Crippen LogP contribution >= 0.6 is 0 Å². The number of pyridine rings is 2. The van der Waals surface area contributed by atoms with Crippen LogP contribution in [0.4, 0.5) is 0 Å². The lowest BCUT2D eigenvalue weighted by molar-refractivity contribution is 0.0402. The van der Waals surface area contributed by atoms with Crippen molar-refractivity contribution in [2.75, 3.05) is 6.61 Å².